The largest absolute Gasteiger partial charge is 0.455 e. The Labute approximate surface area is 119 Å². The molecule has 0 unspecified atom stereocenters. The number of hydrogen-bond acceptors (Lipinski definition) is 5. The van der Waals surface area contributed by atoms with Crippen LogP contribution in [-0.4, -0.2) is 47.0 Å². The highest BCUT2D eigenvalue weighted by atomic mass is 16.6. The molecule has 0 aromatic rings. The van der Waals surface area contributed by atoms with Crippen molar-refractivity contribution in [2.75, 3.05) is 6.54 Å². The molecule has 0 spiro atoms. The molecule has 0 saturated carbocycles. The van der Waals surface area contributed by atoms with Crippen molar-refractivity contribution in [2.24, 2.45) is 0 Å². The zero-order valence-corrected chi connectivity index (χ0v) is 12.8. The van der Waals surface area contributed by atoms with Crippen molar-refractivity contribution in [2.45, 2.75) is 65.2 Å². The van der Waals surface area contributed by atoms with E-state index in [0.29, 0.717) is 13.0 Å². The van der Waals surface area contributed by atoms with E-state index in [9.17, 15) is 14.4 Å². The van der Waals surface area contributed by atoms with Gasteiger partial charge in [-0.05, 0) is 40.5 Å². The number of esters is 1. The van der Waals surface area contributed by atoms with E-state index in [1.807, 2.05) is 0 Å². The lowest BCUT2D eigenvalue weighted by Gasteiger charge is -2.28. The van der Waals surface area contributed by atoms with Crippen molar-refractivity contribution < 1.29 is 23.9 Å². The molecule has 1 aliphatic heterocycles. The van der Waals surface area contributed by atoms with Crippen LogP contribution in [0.4, 0.5) is 4.79 Å². The highest BCUT2D eigenvalue weighted by molar-refractivity contribution is 5.92. The molecule has 1 heterocycles. The first kappa shape index (κ1) is 16.5. The van der Waals surface area contributed by atoms with Gasteiger partial charge in [0.1, 0.15) is 5.60 Å². The predicted octanol–water partition coefficient (Wildman–Crippen LogP) is 1.91. The fourth-order valence-electron chi connectivity index (χ4n) is 2.18. The van der Waals surface area contributed by atoms with Gasteiger partial charge in [-0.25, -0.2) is 4.79 Å². The molecule has 20 heavy (non-hydrogen) atoms. The molecule has 1 fully saturated rings. The monoisotopic (exact) mass is 285 g/mol. The summed E-state index contributed by atoms with van der Waals surface area (Å²) < 4.78 is 10.2. The third-order valence-corrected chi connectivity index (χ3v) is 2.95. The first-order valence-corrected chi connectivity index (χ1v) is 6.82. The van der Waals surface area contributed by atoms with E-state index < -0.39 is 29.8 Å². The Balaban J connectivity index is 2.71. The molecule has 0 N–H and O–H groups in total. The maximum absolute atomic E-state index is 12.2. The van der Waals surface area contributed by atoms with Crippen LogP contribution >= 0.6 is 0 Å². The Bertz CT molecular complexity index is 399. The van der Waals surface area contributed by atoms with Gasteiger partial charge in [-0.3, -0.25) is 14.5 Å². The summed E-state index contributed by atoms with van der Waals surface area (Å²) in [4.78, 5) is 36.6. The fourth-order valence-corrected chi connectivity index (χ4v) is 2.18. The predicted molar refractivity (Wildman–Crippen MR) is 72.2 cm³/mol. The van der Waals surface area contributed by atoms with Crippen LogP contribution in [0.2, 0.25) is 0 Å². The van der Waals surface area contributed by atoms with Gasteiger partial charge in [0.25, 0.3) is 0 Å². The number of amides is 1. The number of Topliss-reactive ketones (excluding diaryl/α,β-unsaturated/α-hetero) is 1. The first-order valence-electron chi connectivity index (χ1n) is 6.82. The van der Waals surface area contributed by atoms with E-state index in [-0.39, 0.29) is 5.78 Å². The lowest BCUT2D eigenvalue weighted by molar-refractivity contribution is -0.153. The minimum absolute atomic E-state index is 0.261. The van der Waals surface area contributed by atoms with Gasteiger partial charge < -0.3 is 9.47 Å². The number of ether oxygens (including phenoxy) is 2. The van der Waals surface area contributed by atoms with Crippen LogP contribution in [-0.2, 0) is 19.1 Å². The third-order valence-electron chi connectivity index (χ3n) is 2.95. The average molecular weight is 285 g/mol. The average Bonchev–Trinajstić information content (AvgIpc) is 2.73. The molecule has 0 aliphatic carbocycles. The normalized spacial score (nSPS) is 20.4. The van der Waals surface area contributed by atoms with E-state index in [0.717, 1.165) is 6.42 Å². The van der Waals surface area contributed by atoms with E-state index in [2.05, 4.69) is 0 Å². The minimum Gasteiger partial charge on any atom is -0.455 e. The smallest absolute Gasteiger partial charge is 0.410 e. The van der Waals surface area contributed by atoms with E-state index in [1.165, 1.54) is 18.7 Å². The highest BCUT2D eigenvalue weighted by Gasteiger charge is 2.38. The second-order valence-corrected chi connectivity index (χ2v) is 5.99. The maximum atomic E-state index is 12.2. The summed E-state index contributed by atoms with van der Waals surface area (Å²) >= 11 is 0. The van der Waals surface area contributed by atoms with Crippen LogP contribution in [0.3, 0.4) is 0 Å². The Kier molecular flexibility index (Phi) is 5.14. The standard InChI is InChI=1S/C14H23NO5/c1-9(19-10(2)16)12(17)11-7-6-8-15(11)13(18)20-14(3,4)5/h9,11H,6-8H2,1-5H3/t9-,11-/m0/s1. The third kappa shape index (κ3) is 4.51. The van der Waals surface area contributed by atoms with Crippen LogP contribution < -0.4 is 0 Å². The summed E-state index contributed by atoms with van der Waals surface area (Å²) in [5, 5.41) is 0. The van der Waals surface area contributed by atoms with Crippen LogP contribution in [0.15, 0.2) is 0 Å². The second-order valence-electron chi connectivity index (χ2n) is 5.99. The molecule has 0 aromatic heterocycles. The number of carbonyl (C=O) groups excluding carboxylic acids is 3. The van der Waals surface area contributed by atoms with Gasteiger partial charge >= 0.3 is 12.1 Å². The number of hydrogen-bond donors (Lipinski definition) is 0. The summed E-state index contributed by atoms with van der Waals surface area (Å²) in [5.41, 5.74) is -0.602. The van der Waals surface area contributed by atoms with Gasteiger partial charge in [0.15, 0.2) is 11.9 Å². The van der Waals surface area contributed by atoms with Crippen LogP contribution in [0.1, 0.15) is 47.5 Å². The van der Waals surface area contributed by atoms with E-state index in [4.69, 9.17) is 9.47 Å². The zero-order chi connectivity index (χ0) is 15.5. The summed E-state index contributed by atoms with van der Waals surface area (Å²) in [6.45, 7) is 8.59. The SMILES string of the molecule is CC(=O)O[C@@H](C)C(=O)[C@@H]1CCCN1C(=O)OC(C)(C)C. The molecule has 0 aromatic carbocycles. The van der Waals surface area contributed by atoms with Crippen molar-refractivity contribution in [1.29, 1.82) is 0 Å². The van der Waals surface area contributed by atoms with Gasteiger partial charge in [-0.1, -0.05) is 0 Å². The Morgan fingerprint density at radius 1 is 1.25 bits per heavy atom. The molecule has 6 nitrogen and oxygen atoms in total. The van der Waals surface area contributed by atoms with E-state index in [1.54, 1.807) is 20.8 Å². The zero-order valence-electron chi connectivity index (χ0n) is 12.8. The quantitative estimate of drug-likeness (QED) is 0.741. The topological polar surface area (TPSA) is 72.9 Å². The van der Waals surface area contributed by atoms with Crippen LogP contribution in [0.25, 0.3) is 0 Å². The van der Waals surface area contributed by atoms with Gasteiger partial charge in [-0.15, -0.1) is 0 Å². The van der Waals surface area contributed by atoms with Gasteiger partial charge in [0.05, 0.1) is 6.04 Å². The van der Waals surface area contributed by atoms with Gasteiger partial charge in [-0.2, -0.15) is 0 Å². The Morgan fingerprint density at radius 3 is 2.35 bits per heavy atom. The lowest BCUT2D eigenvalue weighted by Crippen LogP contribution is -2.46. The minimum atomic E-state index is -0.847. The van der Waals surface area contributed by atoms with Crippen LogP contribution in [0, 0.1) is 0 Å². The van der Waals surface area contributed by atoms with Gasteiger partial charge in [0, 0.05) is 13.5 Å². The fraction of sp³-hybridized carbons (Fsp3) is 0.786. The second kappa shape index (κ2) is 6.24. The molecule has 1 rings (SSSR count). The Hall–Kier alpha value is -1.59. The molecule has 0 bridgehead atoms. The number of carbonyl (C=O) groups is 3. The molecule has 1 saturated heterocycles. The lowest BCUT2D eigenvalue weighted by atomic mass is 10.1. The molecule has 0 radical (unpaired) electrons. The maximum Gasteiger partial charge on any atom is 0.410 e. The number of rotatable bonds is 3. The van der Waals surface area contributed by atoms with Crippen molar-refractivity contribution in [1.82, 2.24) is 4.90 Å². The van der Waals surface area contributed by atoms with Gasteiger partial charge in [0.2, 0.25) is 0 Å². The molecule has 1 aliphatic rings. The Morgan fingerprint density at radius 2 is 1.85 bits per heavy atom. The summed E-state index contributed by atoms with van der Waals surface area (Å²) in [6, 6.07) is -0.570. The van der Waals surface area contributed by atoms with E-state index >= 15 is 0 Å². The number of nitrogens with zero attached hydrogens (tertiary/aromatic N) is 1. The highest BCUT2D eigenvalue weighted by Crippen LogP contribution is 2.22. The first-order chi connectivity index (χ1) is 9.11. The summed E-state index contributed by atoms with van der Waals surface area (Å²) in [7, 11) is 0. The molecular formula is C14H23NO5. The molecule has 2 atom stereocenters. The number of ketones is 1. The molecule has 6 heteroatoms. The number of likely N-dealkylation sites (tertiary alicyclic amines) is 1. The molecule has 1 amide bonds. The molecule has 114 valence electrons. The summed E-state index contributed by atoms with van der Waals surface area (Å²) in [6.07, 6.45) is -0.0320. The molecular weight excluding hydrogens is 262 g/mol. The van der Waals surface area contributed by atoms with Crippen molar-refractivity contribution in [3.63, 3.8) is 0 Å². The van der Waals surface area contributed by atoms with Crippen molar-refractivity contribution >= 4 is 17.8 Å². The van der Waals surface area contributed by atoms with Crippen molar-refractivity contribution in [3.05, 3.63) is 0 Å². The summed E-state index contributed by atoms with van der Waals surface area (Å²) in [5.74, 6) is -0.767. The van der Waals surface area contributed by atoms with Crippen molar-refractivity contribution in [3.8, 4) is 0 Å². The van der Waals surface area contributed by atoms with Crippen LogP contribution in [0.5, 0.6) is 0 Å².